The zero-order chi connectivity index (χ0) is 6.85. The van der Waals surface area contributed by atoms with E-state index in [1.807, 2.05) is 0 Å². The molecule has 0 spiro atoms. The Morgan fingerprint density at radius 3 is 2.67 bits per heavy atom. The van der Waals surface area contributed by atoms with Gasteiger partial charge in [0.2, 0.25) is 0 Å². The third kappa shape index (κ3) is 1.11. The van der Waals surface area contributed by atoms with Crippen LogP contribution >= 0.6 is 11.3 Å². The van der Waals surface area contributed by atoms with Crippen molar-refractivity contribution in [1.29, 1.82) is 0 Å². The van der Waals surface area contributed by atoms with Gasteiger partial charge in [-0.2, -0.15) is 0 Å². The molecule has 2 N–H and O–H groups in total. The third-order valence-corrected chi connectivity index (χ3v) is 2.35. The first-order valence-electron chi connectivity index (χ1n) is 2.68. The van der Waals surface area contributed by atoms with Gasteiger partial charge in [0.1, 0.15) is 5.82 Å². The molecule has 50 valence electrons. The van der Waals surface area contributed by atoms with Crippen LogP contribution in [0.2, 0.25) is 0 Å². The molecule has 1 aromatic heterocycles. The summed E-state index contributed by atoms with van der Waals surface area (Å²) in [5.41, 5.74) is 6.00. The van der Waals surface area contributed by atoms with Crippen molar-refractivity contribution in [3.63, 3.8) is 0 Å². The van der Waals surface area contributed by atoms with Crippen LogP contribution in [0.1, 0.15) is 10.4 Å². The summed E-state index contributed by atoms with van der Waals surface area (Å²) in [6.07, 6.45) is 0. The summed E-state index contributed by atoms with van der Waals surface area (Å²) in [6.45, 7) is 2.19. The molecule has 0 aromatic carbocycles. The first-order chi connectivity index (χ1) is 4.25. The minimum atomic E-state index is -0.138. The molecule has 0 aliphatic rings. The molecule has 1 heterocycles. The summed E-state index contributed by atoms with van der Waals surface area (Å²) in [6, 6.07) is 0. The maximum Gasteiger partial charge on any atom is 0.137 e. The average Bonchev–Trinajstić information content (AvgIpc) is 2.15. The molecular formula is C6H8FNS. The predicted molar refractivity (Wildman–Crippen MR) is 36.9 cm³/mol. The molecule has 0 amide bonds. The Kier molecular flexibility index (Phi) is 1.83. The van der Waals surface area contributed by atoms with Crippen LogP contribution in [0.15, 0.2) is 5.38 Å². The fourth-order valence-corrected chi connectivity index (χ4v) is 1.43. The van der Waals surface area contributed by atoms with E-state index < -0.39 is 0 Å². The van der Waals surface area contributed by atoms with Crippen LogP contribution in [0.25, 0.3) is 0 Å². The molecule has 0 radical (unpaired) electrons. The highest BCUT2D eigenvalue weighted by atomic mass is 32.1. The summed E-state index contributed by atoms with van der Waals surface area (Å²) in [7, 11) is 0. The van der Waals surface area contributed by atoms with E-state index in [0.29, 0.717) is 12.1 Å². The van der Waals surface area contributed by atoms with Gasteiger partial charge in [-0.1, -0.05) is 0 Å². The predicted octanol–water partition coefficient (Wildman–Crippen LogP) is 1.65. The Labute approximate surface area is 57.3 Å². The highest BCUT2D eigenvalue weighted by molar-refractivity contribution is 7.10. The average molecular weight is 145 g/mol. The van der Waals surface area contributed by atoms with Crippen molar-refractivity contribution in [2.24, 2.45) is 5.73 Å². The normalized spacial score (nSPS) is 10.1. The van der Waals surface area contributed by atoms with E-state index in [1.165, 1.54) is 16.7 Å². The van der Waals surface area contributed by atoms with Crippen LogP contribution < -0.4 is 5.73 Å². The Morgan fingerprint density at radius 2 is 2.44 bits per heavy atom. The largest absolute Gasteiger partial charge is 0.326 e. The second-order valence-electron chi connectivity index (χ2n) is 1.84. The smallest absolute Gasteiger partial charge is 0.137 e. The molecule has 0 unspecified atom stereocenters. The maximum atomic E-state index is 12.5. The van der Waals surface area contributed by atoms with Gasteiger partial charge >= 0.3 is 0 Å². The van der Waals surface area contributed by atoms with Crippen LogP contribution in [0.4, 0.5) is 4.39 Å². The second-order valence-corrected chi connectivity index (χ2v) is 2.80. The molecule has 1 rings (SSSR count). The first kappa shape index (κ1) is 6.71. The number of hydrogen-bond donors (Lipinski definition) is 1. The third-order valence-electron chi connectivity index (χ3n) is 1.27. The lowest BCUT2D eigenvalue weighted by molar-refractivity contribution is 0.623. The molecule has 0 fully saturated rings. The quantitative estimate of drug-likeness (QED) is 0.639. The summed E-state index contributed by atoms with van der Waals surface area (Å²) in [5.74, 6) is -0.138. The van der Waals surface area contributed by atoms with E-state index in [9.17, 15) is 4.39 Å². The Balaban J connectivity index is 3.04. The van der Waals surface area contributed by atoms with E-state index in [4.69, 9.17) is 5.73 Å². The van der Waals surface area contributed by atoms with Gasteiger partial charge in [0.25, 0.3) is 0 Å². The van der Waals surface area contributed by atoms with Crippen LogP contribution in [0, 0.1) is 12.7 Å². The van der Waals surface area contributed by atoms with Crippen molar-refractivity contribution >= 4 is 11.3 Å². The Morgan fingerprint density at radius 1 is 1.78 bits per heavy atom. The second kappa shape index (κ2) is 2.45. The zero-order valence-corrected chi connectivity index (χ0v) is 5.96. The Hall–Kier alpha value is -0.410. The highest BCUT2D eigenvalue weighted by Gasteiger charge is 2.03. The lowest BCUT2D eigenvalue weighted by Crippen LogP contribution is -1.94. The van der Waals surface area contributed by atoms with E-state index in [1.54, 1.807) is 6.92 Å². The minimum Gasteiger partial charge on any atom is -0.326 e. The first-order valence-corrected chi connectivity index (χ1v) is 3.56. The monoisotopic (exact) mass is 145 g/mol. The van der Waals surface area contributed by atoms with Crippen molar-refractivity contribution in [2.45, 2.75) is 13.5 Å². The number of halogens is 1. The van der Waals surface area contributed by atoms with Gasteiger partial charge in [-0.3, -0.25) is 0 Å². The maximum absolute atomic E-state index is 12.5. The van der Waals surface area contributed by atoms with E-state index in [-0.39, 0.29) is 5.82 Å². The molecule has 0 aliphatic carbocycles. The van der Waals surface area contributed by atoms with Crippen molar-refractivity contribution in [3.8, 4) is 0 Å². The Bertz CT molecular complexity index is 207. The molecule has 0 aliphatic heterocycles. The van der Waals surface area contributed by atoms with Crippen molar-refractivity contribution in [1.82, 2.24) is 0 Å². The molecule has 3 heteroatoms. The number of rotatable bonds is 1. The molecule has 1 aromatic rings. The van der Waals surface area contributed by atoms with Crippen LogP contribution in [0.5, 0.6) is 0 Å². The van der Waals surface area contributed by atoms with Gasteiger partial charge in [-0.25, -0.2) is 4.39 Å². The van der Waals surface area contributed by atoms with Gasteiger partial charge in [-0.05, 0) is 12.5 Å². The van der Waals surface area contributed by atoms with Gasteiger partial charge in [0.05, 0.1) is 0 Å². The molecule has 9 heavy (non-hydrogen) atoms. The van der Waals surface area contributed by atoms with E-state index >= 15 is 0 Å². The highest BCUT2D eigenvalue weighted by Crippen LogP contribution is 2.18. The topological polar surface area (TPSA) is 26.0 Å². The van der Waals surface area contributed by atoms with Crippen molar-refractivity contribution in [3.05, 3.63) is 21.6 Å². The number of thiophene rings is 1. The lowest BCUT2D eigenvalue weighted by atomic mass is 10.3. The van der Waals surface area contributed by atoms with Crippen LogP contribution in [0.3, 0.4) is 0 Å². The standard InChI is InChI=1S/C6H8FNS/c1-4-5(7)3-9-6(4)2-8/h3H,2,8H2,1H3. The molecular weight excluding hydrogens is 137 g/mol. The van der Waals surface area contributed by atoms with Gasteiger partial charge in [0.15, 0.2) is 0 Å². The fraction of sp³-hybridized carbons (Fsp3) is 0.333. The molecule has 0 saturated heterocycles. The lowest BCUT2D eigenvalue weighted by Gasteiger charge is -1.89. The van der Waals surface area contributed by atoms with Crippen LogP contribution in [-0.2, 0) is 6.54 Å². The van der Waals surface area contributed by atoms with Gasteiger partial charge < -0.3 is 5.73 Å². The number of hydrogen-bond acceptors (Lipinski definition) is 2. The van der Waals surface area contributed by atoms with Crippen molar-refractivity contribution in [2.75, 3.05) is 0 Å². The van der Waals surface area contributed by atoms with Crippen molar-refractivity contribution < 1.29 is 4.39 Å². The summed E-state index contributed by atoms with van der Waals surface area (Å²) < 4.78 is 12.5. The van der Waals surface area contributed by atoms with Gasteiger partial charge in [0, 0.05) is 16.8 Å². The SMILES string of the molecule is Cc1c(F)csc1CN. The summed E-state index contributed by atoms with van der Waals surface area (Å²) in [4.78, 5) is 0.938. The minimum absolute atomic E-state index is 0.138. The molecule has 0 atom stereocenters. The van der Waals surface area contributed by atoms with Crippen LogP contribution in [-0.4, -0.2) is 0 Å². The zero-order valence-electron chi connectivity index (χ0n) is 5.15. The molecule has 0 bridgehead atoms. The molecule has 1 nitrogen and oxygen atoms in total. The number of nitrogens with two attached hydrogens (primary N) is 1. The molecule has 0 saturated carbocycles. The van der Waals surface area contributed by atoms with Gasteiger partial charge in [-0.15, -0.1) is 11.3 Å². The fourth-order valence-electron chi connectivity index (χ4n) is 0.634. The summed E-state index contributed by atoms with van der Waals surface area (Å²) >= 11 is 1.38. The summed E-state index contributed by atoms with van der Waals surface area (Å²) in [5, 5.41) is 1.48. The van der Waals surface area contributed by atoms with E-state index in [0.717, 1.165) is 4.88 Å². The van der Waals surface area contributed by atoms with E-state index in [2.05, 4.69) is 0 Å².